The molecule has 190 valence electrons. The summed E-state index contributed by atoms with van der Waals surface area (Å²) in [6.45, 7) is 0.120. The minimum Gasteiger partial charge on any atom is -0.455 e. The Hall–Kier alpha value is -4.53. The number of nitrogens with zero attached hydrogens (tertiary/aromatic N) is 1. The fraction of sp³-hybridized carbons (Fsp3) is 0.0357. The smallest absolute Gasteiger partial charge is 0.287 e. The van der Waals surface area contributed by atoms with Crippen molar-refractivity contribution < 1.29 is 23.5 Å². The van der Waals surface area contributed by atoms with Gasteiger partial charge in [-0.25, -0.2) is 5.43 Å². The lowest BCUT2D eigenvalue weighted by molar-refractivity contribution is -0.117. The number of carbonyl (C=O) groups is 2. The molecule has 1 aliphatic heterocycles. The van der Waals surface area contributed by atoms with Gasteiger partial charge in [-0.05, 0) is 66.2 Å². The standard InChI is InChI=1S/C28H19Cl2N3O5/c29-21-9-7-19(14-22(21)30)24-11-8-20(38-24)15-31-33-28(35)23(32-27(34)18-4-2-1-3-5-18)12-17-6-10-25-26(13-17)37-16-36-25/h1-15H,16H2,(H,32,34)(H,33,35)/b23-12+,31-15+. The molecule has 1 aliphatic rings. The highest BCUT2D eigenvalue weighted by molar-refractivity contribution is 6.42. The van der Waals surface area contributed by atoms with Gasteiger partial charge in [0.2, 0.25) is 6.79 Å². The van der Waals surface area contributed by atoms with Crippen molar-refractivity contribution in [2.24, 2.45) is 5.10 Å². The van der Waals surface area contributed by atoms with E-state index < -0.39 is 11.8 Å². The Bertz CT molecular complexity index is 1560. The Kier molecular flexibility index (Phi) is 7.44. The Labute approximate surface area is 227 Å². The molecule has 0 spiro atoms. The van der Waals surface area contributed by atoms with Gasteiger partial charge in [-0.15, -0.1) is 0 Å². The summed E-state index contributed by atoms with van der Waals surface area (Å²) in [5.74, 6) is 0.996. The number of hydrazone groups is 1. The zero-order valence-electron chi connectivity index (χ0n) is 19.6. The van der Waals surface area contributed by atoms with Gasteiger partial charge < -0.3 is 19.2 Å². The predicted octanol–water partition coefficient (Wildman–Crippen LogP) is 5.90. The minimum atomic E-state index is -0.639. The van der Waals surface area contributed by atoms with Crippen LogP contribution in [-0.2, 0) is 4.79 Å². The molecule has 10 heteroatoms. The summed E-state index contributed by atoms with van der Waals surface area (Å²) in [4.78, 5) is 25.8. The molecule has 0 saturated heterocycles. The van der Waals surface area contributed by atoms with Crippen LogP contribution in [-0.4, -0.2) is 24.8 Å². The lowest BCUT2D eigenvalue weighted by Crippen LogP contribution is -2.32. The second-order valence-electron chi connectivity index (χ2n) is 8.02. The van der Waals surface area contributed by atoms with Crippen LogP contribution >= 0.6 is 23.2 Å². The lowest BCUT2D eigenvalue weighted by Gasteiger charge is -2.09. The van der Waals surface area contributed by atoms with E-state index in [1.165, 1.54) is 12.3 Å². The van der Waals surface area contributed by atoms with Crippen molar-refractivity contribution in [2.45, 2.75) is 0 Å². The van der Waals surface area contributed by atoms with Crippen LogP contribution in [0.3, 0.4) is 0 Å². The maximum atomic E-state index is 13.0. The molecule has 5 rings (SSSR count). The second-order valence-corrected chi connectivity index (χ2v) is 8.84. The molecule has 2 N–H and O–H groups in total. The van der Waals surface area contributed by atoms with Gasteiger partial charge in [-0.3, -0.25) is 9.59 Å². The molecule has 8 nitrogen and oxygen atoms in total. The number of nitrogens with one attached hydrogen (secondary N) is 2. The number of carbonyl (C=O) groups excluding carboxylic acids is 2. The van der Waals surface area contributed by atoms with Crippen LogP contribution < -0.4 is 20.2 Å². The van der Waals surface area contributed by atoms with E-state index in [1.54, 1.807) is 78.9 Å². The lowest BCUT2D eigenvalue weighted by atomic mass is 10.1. The summed E-state index contributed by atoms with van der Waals surface area (Å²) < 4.78 is 16.5. The first kappa shape index (κ1) is 25.1. The summed E-state index contributed by atoms with van der Waals surface area (Å²) in [7, 11) is 0. The molecule has 0 atom stereocenters. The van der Waals surface area contributed by atoms with Crippen molar-refractivity contribution >= 4 is 47.3 Å². The summed E-state index contributed by atoms with van der Waals surface area (Å²) in [6.07, 6.45) is 2.86. The van der Waals surface area contributed by atoms with Crippen LogP contribution in [0.1, 0.15) is 21.7 Å². The molecule has 0 aliphatic carbocycles. The quantitative estimate of drug-likeness (QED) is 0.170. The monoisotopic (exact) mass is 547 g/mol. The molecule has 4 aromatic rings. The molecular formula is C28H19Cl2N3O5. The van der Waals surface area contributed by atoms with Gasteiger partial charge in [0.1, 0.15) is 17.2 Å². The summed E-state index contributed by atoms with van der Waals surface area (Å²) in [5.41, 5.74) is 4.15. The topological polar surface area (TPSA) is 102 Å². The molecule has 3 aromatic carbocycles. The van der Waals surface area contributed by atoms with E-state index in [0.29, 0.717) is 44.2 Å². The van der Waals surface area contributed by atoms with Crippen molar-refractivity contribution in [1.29, 1.82) is 0 Å². The Morgan fingerprint density at radius 3 is 2.50 bits per heavy atom. The van der Waals surface area contributed by atoms with Gasteiger partial charge in [0, 0.05) is 11.1 Å². The zero-order chi connectivity index (χ0) is 26.5. The van der Waals surface area contributed by atoms with Crippen molar-refractivity contribution in [3.63, 3.8) is 0 Å². The van der Waals surface area contributed by atoms with Crippen LogP contribution in [0.2, 0.25) is 10.0 Å². The number of hydrogen-bond acceptors (Lipinski definition) is 6. The fourth-order valence-corrected chi connectivity index (χ4v) is 3.85. The molecule has 38 heavy (non-hydrogen) atoms. The molecule has 2 heterocycles. The number of ether oxygens (including phenoxy) is 2. The van der Waals surface area contributed by atoms with E-state index >= 15 is 0 Å². The van der Waals surface area contributed by atoms with E-state index in [0.717, 1.165) is 5.56 Å². The van der Waals surface area contributed by atoms with Gasteiger partial charge in [0.15, 0.2) is 11.5 Å². The van der Waals surface area contributed by atoms with Crippen molar-refractivity contribution in [2.75, 3.05) is 6.79 Å². The van der Waals surface area contributed by atoms with E-state index in [2.05, 4.69) is 15.8 Å². The molecule has 0 saturated carbocycles. The van der Waals surface area contributed by atoms with Crippen LogP contribution in [0.5, 0.6) is 11.5 Å². The van der Waals surface area contributed by atoms with Gasteiger partial charge in [0.05, 0.1) is 16.3 Å². The first-order chi connectivity index (χ1) is 18.5. The van der Waals surface area contributed by atoms with E-state index in [-0.39, 0.29) is 12.5 Å². The molecule has 0 unspecified atom stereocenters. The SMILES string of the molecule is O=C(N/N=C/c1ccc(-c2ccc(Cl)c(Cl)c2)o1)/C(=C\c1ccc2c(c1)OCO2)NC(=O)c1ccccc1. The van der Waals surface area contributed by atoms with E-state index in [4.69, 9.17) is 37.1 Å². The van der Waals surface area contributed by atoms with Crippen LogP contribution in [0.25, 0.3) is 17.4 Å². The summed E-state index contributed by atoms with van der Waals surface area (Å²) in [6, 6.07) is 22.3. The summed E-state index contributed by atoms with van der Waals surface area (Å²) >= 11 is 12.1. The van der Waals surface area contributed by atoms with Crippen molar-refractivity contribution in [3.05, 3.63) is 111 Å². The molecule has 0 fully saturated rings. The number of rotatable bonds is 7. The highest BCUT2D eigenvalue weighted by Crippen LogP contribution is 2.33. The van der Waals surface area contributed by atoms with E-state index in [1.807, 2.05) is 0 Å². The third-order valence-corrected chi connectivity index (χ3v) is 6.16. The highest BCUT2D eigenvalue weighted by atomic mass is 35.5. The average molecular weight is 548 g/mol. The minimum absolute atomic E-state index is 0.0224. The highest BCUT2D eigenvalue weighted by Gasteiger charge is 2.17. The molecule has 0 radical (unpaired) electrons. The first-order valence-corrected chi connectivity index (χ1v) is 12.1. The van der Waals surface area contributed by atoms with Crippen LogP contribution in [0.4, 0.5) is 0 Å². The number of halogens is 2. The normalized spacial score (nSPS) is 12.5. The first-order valence-electron chi connectivity index (χ1n) is 11.3. The van der Waals surface area contributed by atoms with Crippen LogP contribution in [0.15, 0.2) is 94.1 Å². The van der Waals surface area contributed by atoms with Gasteiger partial charge >= 0.3 is 0 Å². The van der Waals surface area contributed by atoms with Gasteiger partial charge in [-0.1, -0.05) is 47.5 Å². The number of hydrogen-bond donors (Lipinski definition) is 2. The maximum Gasteiger partial charge on any atom is 0.287 e. The Morgan fingerprint density at radius 2 is 1.68 bits per heavy atom. The zero-order valence-corrected chi connectivity index (χ0v) is 21.1. The number of amides is 2. The molecule has 1 aromatic heterocycles. The van der Waals surface area contributed by atoms with Crippen molar-refractivity contribution in [3.8, 4) is 22.8 Å². The Morgan fingerprint density at radius 1 is 0.868 bits per heavy atom. The molecule has 0 bridgehead atoms. The summed E-state index contributed by atoms with van der Waals surface area (Å²) in [5, 5.41) is 7.47. The van der Waals surface area contributed by atoms with Gasteiger partial charge in [0.25, 0.3) is 11.8 Å². The number of benzene rings is 3. The fourth-order valence-electron chi connectivity index (χ4n) is 3.55. The van der Waals surface area contributed by atoms with Gasteiger partial charge in [-0.2, -0.15) is 5.10 Å². The predicted molar refractivity (Wildman–Crippen MR) is 144 cm³/mol. The van der Waals surface area contributed by atoms with E-state index in [9.17, 15) is 9.59 Å². The second kappa shape index (κ2) is 11.2. The third kappa shape index (κ3) is 5.88. The third-order valence-electron chi connectivity index (χ3n) is 5.43. The largest absolute Gasteiger partial charge is 0.455 e. The van der Waals surface area contributed by atoms with Crippen molar-refractivity contribution in [1.82, 2.24) is 10.7 Å². The number of furan rings is 1. The van der Waals surface area contributed by atoms with Crippen LogP contribution in [0, 0.1) is 0 Å². The number of fused-ring (bicyclic) bond motifs is 1. The molecular weight excluding hydrogens is 529 g/mol. The maximum absolute atomic E-state index is 13.0. The average Bonchev–Trinajstić information content (AvgIpc) is 3.60. The Balaban J connectivity index is 1.33. The molecule has 2 amide bonds.